The van der Waals surface area contributed by atoms with Crippen molar-refractivity contribution in [2.45, 2.75) is 82.4 Å². The van der Waals surface area contributed by atoms with E-state index in [-0.39, 0.29) is 47.0 Å². The number of anilines is 1. The minimum absolute atomic E-state index is 0.114. The zero-order chi connectivity index (χ0) is 38.9. The van der Waals surface area contributed by atoms with Gasteiger partial charge in [-0.05, 0) is 88.2 Å². The summed E-state index contributed by atoms with van der Waals surface area (Å²) in [4.78, 5) is 62.6. The fraction of sp³-hybridized carbons (Fsp3) is 0.450. The minimum Gasteiger partial charge on any atom is -0.489 e. The van der Waals surface area contributed by atoms with Crippen molar-refractivity contribution in [3.8, 4) is 5.75 Å². The van der Waals surface area contributed by atoms with Crippen molar-refractivity contribution in [2.24, 2.45) is 0 Å². The van der Waals surface area contributed by atoms with Crippen LogP contribution in [0.4, 0.5) is 18.9 Å². The van der Waals surface area contributed by atoms with Gasteiger partial charge in [0.05, 0.1) is 24.3 Å². The predicted octanol–water partition coefficient (Wildman–Crippen LogP) is 5.89. The Labute approximate surface area is 316 Å². The van der Waals surface area contributed by atoms with Crippen LogP contribution in [0.25, 0.3) is 5.65 Å². The Morgan fingerprint density at radius 1 is 0.909 bits per heavy atom. The molecule has 0 spiro atoms. The fourth-order valence-corrected chi connectivity index (χ4v) is 7.74. The van der Waals surface area contributed by atoms with Crippen LogP contribution < -0.4 is 15.4 Å². The van der Waals surface area contributed by atoms with E-state index in [4.69, 9.17) is 9.72 Å². The molecule has 4 aromatic rings. The quantitative estimate of drug-likeness (QED) is 0.202. The van der Waals surface area contributed by atoms with Gasteiger partial charge in [0.25, 0.3) is 5.91 Å². The lowest BCUT2D eigenvalue weighted by Gasteiger charge is -2.35. The molecule has 7 rings (SSSR count). The van der Waals surface area contributed by atoms with Gasteiger partial charge in [0.1, 0.15) is 28.5 Å². The van der Waals surface area contributed by atoms with Crippen molar-refractivity contribution in [1.29, 1.82) is 0 Å². The Bertz CT molecular complexity index is 2070. The number of benzene rings is 1. The number of amides is 4. The number of fused-ring (bicyclic) bond motifs is 1. The first kappa shape index (κ1) is 38.0. The number of hydrogen-bond acceptors (Lipinski definition) is 8. The van der Waals surface area contributed by atoms with E-state index in [9.17, 15) is 32.3 Å². The molecule has 0 saturated carbocycles. The number of halogens is 3. The number of aromatic nitrogens is 3. The van der Waals surface area contributed by atoms with Crippen LogP contribution in [0, 0.1) is 0 Å². The molecule has 2 N–H and O–H groups in total. The van der Waals surface area contributed by atoms with Gasteiger partial charge in [-0.2, -0.15) is 13.2 Å². The number of carbonyl (C=O) groups excluding carboxylic acids is 4. The molecule has 3 fully saturated rings. The van der Waals surface area contributed by atoms with Gasteiger partial charge in [0.2, 0.25) is 17.7 Å². The topological polar surface area (TPSA) is 138 Å². The highest BCUT2D eigenvalue weighted by molar-refractivity contribution is 6.04. The zero-order valence-electron chi connectivity index (χ0n) is 30.8. The third-order valence-corrected chi connectivity index (χ3v) is 10.7. The van der Waals surface area contributed by atoms with Gasteiger partial charge in [-0.25, -0.2) is 9.97 Å². The van der Waals surface area contributed by atoms with Crippen molar-refractivity contribution in [1.82, 2.24) is 29.5 Å². The van der Waals surface area contributed by atoms with Gasteiger partial charge in [-0.15, -0.1) is 0 Å². The zero-order valence-corrected chi connectivity index (χ0v) is 30.8. The number of hydrogen-bond donors (Lipinski definition) is 2. The standard InChI is InChI=1S/C40H44F3N7O5/c1-24(2)55-33-20-35-45-31(21-50(35)22-32(33)46-39(54)30-4-3-5-34(44-30)40(41,42)43)28-14-18-49(19-15-28)37(52)23-48-16-12-26(13-17-48)25-6-8-27(9-7-25)29-10-11-36(51)47-38(29)53/h3-9,20-22,24,26,28-29H,10-19,23H2,1-2H3,(H,46,54)(H,47,51,53). The minimum atomic E-state index is -4.69. The number of piperidine rings is 3. The molecule has 55 heavy (non-hydrogen) atoms. The summed E-state index contributed by atoms with van der Waals surface area (Å²) in [6.07, 6.45) is 2.83. The first-order valence-corrected chi connectivity index (χ1v) is 18.8. The maximum absolute atomic E-state index is 13.4. The second kappa shape index (κ2) is 15.8. The number of imide groups is 1. The van der Waals surface area contributed by atoms with Crippen LogP contribution in [-0.2, 0) is 20.6 Å². The summed E-state index contributed by atoms with van der Waals surface area (Å²) in [5.74, 6) is -0.600. The number of alkyl halides is 3. The molecule has 3 aromatic heterocycles. The van der Waals surface area contributed by atoms with Crippen molar-refractivity contribution < 1.29 is 37.1 Å². The van der Waals surface area contributed by atoms with E-state index >= 15 is 0 Å². The van der Waals surface area contributed by atoms with Crippen molar-refractivity contribution in [2.75, 3.05) is 38.0 Å². The number of ether oxygens (including phenoxy) is 1. The van der Waals surface area contributed by atoms with E-state index in [1.165, 1.54) is 11.6 Å². The summed E-state index contributed by atoms with van der Waals surface area (Å²) in [6, 6.07) is 13.0. The molecule has 6 heterocycles. The molecular weight excluding hydrogens is 715 g/mol. The highest BCUT2D eigenvalue weighted by atomic mass is 19.4. The lowest BCUT2D eigenvalue weighted by molar-refractivity contribution is -0.141. The van der Waals surface area contributed by atoms with Gasteiger partial charge in [-0.3, -0.25) is 29.4 Å². The number of nitrogens with zero attached hydrogens (tertiary/aromatic N) is 5. The van der Waals surface area contributed by atoms with Gasteiger partial charge in [0, 0.05) is 43.9 Å². The van der Waals surface area contributed by atoms with Crippen LogP contribution in [0.2, 0.25) is 0 Å². The van der Waals surface area contributed by atoms with Gasteiger partial charge in [0.15, 0.2) is 0 Å². The third-order valence-electron chi connectivity index (χ3n) is 10.7. The van der Waals surface area contributed by atoms with Crippen LogP contribution >= 0.6 is 0 Å². The van der Waals surface area contributed by atoms with E-state index in [0.717, 1.165) is 62.2 Å². The van der Waals surface area contributed by atoms with Crippen molar-refractivity contribution in [3.05, 3.63) is 89.1 Å². The van der Waals surface area contributed by atoms with Gasteiger partial charge >= 0.3 is 6.18 Å². The second-order valence-corrected chi connectivity index (χ2v) is 14.9. The molecule has 1 aromatic carbocycles. The smallest absolute Gasteiger partial charge is 0.433 e. The largest absolute Gasteiger partial charge is 0.489 e. The molecule has 1 unspecified atom stereocenters. The first-order valence-electron chi connectivity index (χ1n) is 18.8. The number of likely N-dealkylation sites (tertiary alicyclic amines) is 2. The predicted molar refractivity (Wildman–Crippen MR) is 197 cm³/mol. The Hall–Kier alpha value is -5.31. The summed E-state index contributed by atoms with van der Waals surface area (Å²) in [7, 11) is 0. The SMILES string of the molecule is CC(C)Oc1cc2nc(C3CCN(C(=O)CN4CCC(c5ccc(C6CCC(=O)NC6=O)cc5)CC4)CC3)cn2cc1NC(=O)c1cccc(C(F)(F)F)n1. The number of pyridine rings is 2. The van der Waals surface area contributed by atoms with Crippen LogP contribution in [0.5, 0.6) is 5.75 Å². The first-order chi connectivity index (χ1) is 26.3. The number of nitrogens with one attached hydrogen (secondary N) is 2. The summed E-state index contributed by atoms with van der Waals surface area (Å²) in [6.45, 7) is 6.90. The van der Waals surface area contributed by atoms with Crippen molar-refractivity contribution >= 4 is 35.0 Å². The second-order valence-electron chi connectivity index (χ2n) is 14.9. The maximum atomic E-state index is 13.4. The van der Waals surface area contributed by atoms with Crippen LogP contribution in [-0.4, -0.2) is 86.6 Å². The molecular formula is C40H44F3N7O5. The van der Waals surface area contributed by atoms with E-state index in [1.54, 1.807) is 16.7 Å². The molecule has 12 nitrogen and oxygen atoms in total. The maximum Gasteiger partial charge on any atom is 0.433 e. The van der Waals surface area contributed by atoms with E-state index in [2.05, 4.69) is 32.7 Å². The molecule has 0 radical (unpaired) electrons. The van der Waals surface area contributed by atoms with Crippen LogP contribution in [0.1, 0.15) is 103 Å². The summed E-state index contributed by atoms with van der Waals surface area (Å²) < 4.78 is 47.4. The Morgan fingerprint density at radius 3 is 2.27 bits per heavy atom. The van der Waals surface area contributed by atoms with Crippen LogP contribution in [0.15, 0.2) is 60.9 Å². The van der Waals surface area contributed by atoms with E-state index in [0.29, 0.717) is 49.8 Å². The summed E-state index contributed by atoms with van der Waals surface area (Å²) in [5.41, 5.74) is 2.33. The van der Waals surface area contributed by atoms with Crippen molar-refractivity contribution in [3.63, 3.8) is 0 Å². The third kappa shape index (κ3) is 8.82. The summed E-state index contributed by atoms with van der Waals surface area (Å²) in [5, 5.41) is 5.09. The molecule has 4 amide bonds. The molecule has 0 aliphatic carbocycles. The molecule has 290 valence electrons. The number of rotatable bonds is 9. The average Bonchev–Trinajstić information content (AvgIpc) is 3.58. The lowest BCUT2D eigenvalue weighted by Crippen LogP contribution is -2.45. The Morgan fingerprint density at radius 2 is 1.60 bits per heavy atom. The highest BCUT2D eigenvalue weighted by Crippen LogP contribution is 2.34. The normalized spacial score (nSPS) is 19.2. The molecule has 3 saturated heterocycles. The molecule has 15 heteroatoms. The molecule has 1 atom stereocenters. The van der Waals surface area contributed by atoms with Gasteiger partial charge in [-0.1, -0.05) is 30.3 Å². The molecule has 3 aliphatic heterocycles. The van der Waals surface area contributed by atoms with E-state index < -0.39 is 17.8 Å². The highest BCUT2D eigenvalue weighted by Gasteiger charge is 2.34. The Balaban J connectivity index is 0.921. The van der Waals surface area contributed by atoms with E-state index in [1.807, 2.05) is 37.1 Å². The monoisotopic (exact) mass is 759 g/mol. The number of carbonyl (C=O) groups is 4. The van der Waals surface area contributed by atoms with Crippen LogP contribution in [0.3, 0.4) is 0 Å². The number of imidazole rings is 1. The fourth-order valence-electron chi connectivity index (χ4n) is 7.74. The molecule has 3 aliphatic rings. The Kier molecular flexibility index (Phi) is 10.9. The lowest BCUT2D eigenvalue weighted by atomic mass is 9.86. The van der Waals surface area contributed by atoms with Gasteiger partial charge < -0.3 is 19.4 Å². The summed E-state index contributed by atoms with van der Waals surface area (Å²) >= 11 is 0. The average molecular weight is 760 g/mol. The molecule has 0 bridgehead atoms.